The molecule has 0 aliphatic carbocycles. The molecule has 5 heteroatoms. The second-order valence-electron chi connectivity index (χ2n) is 5.23. The maximum atomic E-state index is 11.8. The van der Waals surface area contributed by atoms with Gasteiger partial charge in [0.1, 0.15) is 0 Å². The van der Waals surface area contributed by atoms with Crippen molar-refractivity contribution in [2.45, 2.75) is 32.9 Å². The van der Waals surface area contributed by atoms with Crippen molar-refractivity contribution in [3.05, 3.63) is 35.4 Å². The molecule has 0 radical (unpaired) electrons. The molecule has 0 saturated carbocycles. The summed E-state index contributed by atoms with van der Waals surface area (Å²) < 4.78 is 0. The van der Waals surface area contributed by atoms with Crippen LogP contribution in [0.4, 0.5) is 0 Å². The zero-order valence-electron chi connectivity index (χ0n) is 12.3. The van der Waals surface area contributed by atoms with Gasteiger partial charge < -0.3 is 16.4 Å². The Labute approximate surface area is 119 Å². The fourth-order valence-corrected chi connectivity index (χ4v) is 1.85. The lowest BCUT2D eigenvalue weighted by Gasteiger charge is -2.14. The molecule has 0 aliphatic rings. The monoisotopic (exact) mass is 277 g/mol. The van der Waals surface area contributed by atoms with Gasteiger partial charge in [-0.15, -0.1) is 0 Å². The van der Waals surface area contributed by atoms with Crippen LogP contribution in [-0.2, 0) is 11.3 Å². The van der Waals surface area contributed by atoms with Crippen LogP contribution < -0.4 is 16.4 Å². The number of amides is 2. The summed E-state index contributed by atoms with van der Waals surface area (Å²) >= 11 is 0. The van der Waals surface area contributed by atoms with E-state index in [0.29, 0.717) is 24.4 Å². The standard InChI is InChI=1S/C15H23N3O2/c1-10(2)8-13(16)15(20)18-9-11-4-6-12(7-5-11)14(19)17-3/h4-7,10,13H,8-9,16H2,1-3H3,(H,17,19)(H,18,20)/t13-/m0/s1. The first-order valence-corrected chi connectivity index (χ1v) is 6.78. The van der Waals surface area contributed by atoms with Crippen LogP contribution in [0, 0.1) is 5.92 Å². The quantitative estimate of drug-likeness (QED) is 0.726. The summed E-state index contributed by atoms with van der Waals surface area (Å²) in [6, 6.07) is 6.63. The lowest BCUT2D eigenvalue weighted by atomic mass is 10.0. The van der Waals surface area contributed by atoms with Gasteiger partial charge in [-0.1, -0.05) is 26.0 Å². The zero-order chi connectivity index (χ0) is 15.1. The topological polar surface area (TPSA) is 84.2 Å². The number of nitrogens with two attached hydrogens (primary N) is 1. The molecule has 5 nitrogen and oxygen atoms in total. The van der Waals surface area contributed by atoms with E-state index in [1.807, 2.05) is 26.0 Å². The number of carbonyl (C=O) groups excluding carboxylic acids is 2. The smallest absolute Gasteiger partial charge is 0.251 e. The molecule has 110 valence electrons. The highest BCUT2D eigenvalue weighted by molar-refractivity contribution is 5.93. The van der Waals surface area contributed by atoms with E-state index in [1.54, 1.807) is 19.2 Å². The molecule has 1 atom stereocenters. The Balaban J connectivity index is 2.49. The molecule has 0 bridgehead atoms. The Morgan fingerprint density at radius 3 is 2.30 bits per heavy atom. The van der Waals surface area contributed by atoms with Crippen LogP contribution in [0.15, 0.2) is 24.3 Å². The zero-order valence-corrected chi connectivity index (χ0v) is 12.3. The number of hydrogen-bond donors (Lipinski definition) is 3. The molecule has 0 unspecified atom stereocenters. The lowest BCUT2D eigenvalue weighted by molar-refractivity contribution is -0.122. The first kappa shape index (κ1) is 16.2. The average Bonchev–Trinajstić information content (AvgIpc) is 2.43. The first-order chi connectivity index (χ1) is 9.43. The summed E-state index contributed by atoms with van der Waals surface area (Å²) in [4.78, 5) is 23.2. The van der Waals surface area contributed by atoms with E-state index < -0.39 is 6.04 Å². The molecule has 0 fully saturated rings. The molecule has 4 N–H and O–H groups in total. The molecule has 0 spiro atoms. The third kappa shape index (κ3) is 5.01. The predicted molar refractivity (Wildman–Crippen MR) is 79.1 cm³/mol. The van der Waals surface area contributed by atoms with Crippen molar-refractivity contribution < 1.29 is 9.59 Å². The second-order valence-corrected chi connectivity index (χ2v) is 5.23. The van der Waals surface area contributed by atoms with Crippen LogP contribution in [0.1, 0.15) is 36.2 Å². The van der Waals surface area contributed by atoms with E-state index >= 15 is 0 Å². The molecular weight excluding hydrogens is 254 g/mol. The van der Waals surface area contributed by atoms with E-state index in [2.05, 4.69) is 10.6 Å². The highest BCUT2D eigenvalue weighted by Crippen LogP contribution is 2.05. The molecule has 0 aliphatic heterocycles. The molecule has 0 heterocycles. The summed E-state index contributed by atoms with van der Waals surface area (Å²) in [5.41, 5.74) is 7.33. The summed E-state index contributed by atoms with van der Waals surface area (Å²) in [6.07, 6.45) is 0.668. The minimum atomic E-state index is -0.472. The molecule has 20 heavy (non-hydrogen) atoms. The number of rotatable bonds is 6. The fourth-order valence-electron chi connectivity index (χ4n) is 1.85. The summed E-state index contributed by atoms with van der Waals surface area (Å²) in [5.74, 6) is 0.121. The first-order valence-electron chi connectivity index (χ1n) is 6.78. The van der Waals surface area contributed by atoms with E-state index in [1.165, 1.54) is 0 Å². The minimum absolute atomic E-state index is 0.125. The predicted octanol–water partition coefficient (Wildman–Crippen LogP) is 1.04. The average molecular weight is 277 g/mol. The maximum Gasteiger partial charge on any atom is 0.251 e. The molecular formula is C15H23N3O2. The van der Waals surface area contributed by atoms with Gasteiger partial charge in [-0.25, -0.2) is 0 Å². The SMILES string of the molecule is CNC(=O)c1ccc(CNC(=O)[C@@H](N)CC(C)C)cc1. The Hall–Kier alpha value is -1.88. The molecule has 0 saturated heterocycles. The van der Waals surface area contributed by atoms with Crippen LogP contribution in [0.25, 0.3) is 0 Å². The van der Waals surface area contributed by atoms with Gasteiger partial charge in [0.2, 0.25) is 5.91 Å². The molecule has 0 aromatic heterocycles. The number of hydrogen-bond acceptors (Lipinski definition) is 3. The van der Waals surface area contributed by atoms with Crippen LogP contribution in [-0.4, -0.2) is 24.9 Å². The van der Waals surface area contributed by atoms with E-state index in [9.17, 15) is 9.59 Å². The summed E-state index contributed by atoms with van der Waals surface area (Å²) in [7, 11) is 1.59. The van der Waals surface area contributed by atoms with Gasteiger partial charge in [-0.2, -0.15) is 0 Å². The van der Waals surface area contributed by atoms with Gasteiger partial charge in [-0.05, 0) is 30.0 Å². The van der Waals surface area contributed by atoms with Crippen LogP contribution >= 0.6 is 0 Å². The van der Waals surface area contributed by atoms with Crippen molar-refractivity contribution in [3.8, 4) is 0 Å². The van der Waals surface area contributed by atoms with Gasteiger partial charge in [0.25, 0.3) is 5.91 Å². The third-order valence-electron chi connectivity index (χ3n) is 2.97. The normalized spacial score (nSPS) is 12.1. The van der Waals surface area contributed by atoms with Crippen molar-refractivity contribution in [1.82, 2.24) is 10.6 Å². The van der Waals surface area contributed by atoms with Crippen molar-refractivity contribution in [1.29, 1.82) is 0 Å². The van der Waals surface area contributed by atoms with Crippen molar-refractivity contribution in [2.24, 2.45) is 11.7 Å². The van der Waals surface area contributed by atoms with Gasteiger partial charge in [0.05, 0.1) is 6.04 Å². The van der Waals surface area contributed by atoms with E-state index in [-0.39, 0.29) is 11.8 Å². The third-order valence-corrected chi connectivity index (χ3v) is 2.97. The Morgan fingerprint density at radius 1 is 1.20 bits per heavy atom. The van der Waals surface area contributed by atoms with Gasteiger partial charge >= 0.3 is 0 Å². The maximum absolute atomic E-state index is 11.8. The van der Waals surface area contributed by atoms with Crippen LogP contribution in [0.3, 0.4) is 0 Å². The molecule has 2 amide bonds. The Morgan fingerprint density at radius 2 is 1.80 bits per heavy atom. The fraction of sp³-hybridized carbons (Fsp3) is 0.467. The molecule has 1 aromatic carbocycles. The van der Waals surface area contributed by atoms with Gasteiger partial charge in [-0.3, -0.25) is 9.59 Å². The number of nitrogens with one attached hydrogen (secondary N) is 2. The highest BCUT2D eigenvalue weighted by atomic mass is 16.2. The molecule has 1 rings (SSSR count). The number of carbonyl (C=O) groups is 2. The lowest BCUT2D eigenvalue weighted by Crippen LogP contribution is -2.41. The van der Waals surface area contributed by atoms with Crippen LogP contribution in [0.5, 0.6) is 0 Å². The van der Waals surface area contributed by atoms with E-state index in [4.69, 9.17) is 5.73 Å². The Bertz CT molecular complexity index is 455. The summed E-state index contributed by atoms with van der Waals surface area (Å²) in [6.45, 7) is 4.48. The van der Waals surface area contributed by atoms with Gasteiger partial charge in [0, 0.05) is 19.2 Å². The molecule has 1 aromatic rings. The largest absolute Gasteiger partial charge is 0.355 e. The Kier molecular flexibility index (Phi) is 6.18. The number of benzene rings is 1. The second kappa shape index (κ2) is 7.65. The highest BCUT2D eigenvalue weighted by Gasteiger charge is 2.14. The van der Waals surface area contributed by atoms with Crippen molar-refractivity contribution in [2.75, 3.05) is 7.05 Å². The van der Waals surface area contributed by atoms with Crippen molar-refractivity contribution in [3.63, 3.8) is 0 Å². The summed E-state index contributed by atoms with van der Waals surface area (Å²) in [5, 5.41) is 5.36. The van der Waals surface area contributed by atoms with Crippen molar-refractivity contribution >= 4 is 11.8 Å². The van der Waals surface area contributed by atoms with Crippen LogP contribution in [0.2, 0.25) is 0 Å². The van der Waals surface area contributed by atoms with E-state index in [0.717, 1.165) is 5.56 Å². The minimum Gasteiger partial charge on any atom is -0.355 e. The van der Waals surface area contributed by atoms with Gasteiger partial charge in [0.15, 0.2) is 0 Å².